The van der Waals surface area contributed by atoms with E-state index < -0.39 is 0 Å². The normalized spacial score (nSPS) is 9.44. The Hall–Kier alpha value is -0.500. The van der Waals surface area contributed by atoms with E-state index in [-0.39, 0.29) is 0 Å². The SMILES string of the molecule is CCSc1cc[nH+]cc1. The molecule has 0 aliphatic rings. The highest BCUT2D eigenvalue weighted by atomic mass is 32.2. The summed E-state index contributed by atoms with van der Waals surface area (Å²) in [6.07, 6.45) is 3.88. The summed E-state index contributed by atoms with van der Waals surface area (Å²) in [4.78, 5) is 4.31. The third-order valence-corrected chi connectivity index (χ3v) is 1.89. The molecule has 2 heteroatoms. The molecule has 0 saturated carbocycles. The predicted molar refractivity (Wildman–Crippen MR) is 39.4 cm³/mol. The van der Waals surface area contributed by atoms with Crippen LogP contribution in [0.3, 0.4) is 0 Å². The third kappa shape index (κ3) is 2.06. The van der Waals surface area contributed by atoms with Crippen LogP contribution in [0.25, 0.3) is 0 Å². The molecule has 0 aromatic carbocycles. The van der Waals surface area contributed by atoms with Gasteiger partial charge in [0.25, 0.3) is 0 Å². The molecular formula is C7H10NS+. The lowest BCUT2D eigenvalue weighted by Crippen LogP contribution is -1.96. The number of nitrogens with one attached hydrogen (secondary N) is 1. The first kappa shape index (κ1) is 6.62. The Morgan fingerprint density at radius 1 is 1.44 bits per heavy atom. The van der Waals surface area contributed by atoms with Crippen LogP contribution in [0, 0.1) is 0 Å². The summed E-state index contributed by atoms with van der Waals surface area (Å²) < 4.78 is 0. The van der Waals surface area contributed by atoms with Gasteiger partial charge in [-0.15, -0.1) is 11.8 Å². The van der Waals surface area contributed by atoms with Crippen LogP contribution in [0.2, 0.25) is 0 Å². The molecule has 1 aromatic rings. The molecule has 0 spiro atoms. The first-order chi connectivity index (χ1) is 4.43. The molecule has 0 atom stereocenters. The Kier molecular flexibility index (Phi) is 2.58. The predicted octanol–water partition coefficient (Wildman–Crippen LogP) is 1.61. The summed E-state index contributed by atoms with van der Waals surface area (Å²) in [7, 11) is 0. The molecule has 0 fully saturated rings. The highest BCUT2D eigenvalue weighted by Crippen LogP contribution is 2.13. The fourth-order valence-electron chi connectivity index (χ4n) is 0.634. The lowest BCUT2D eigenvalue weighted by Gasteiger charge is -1.90. The molecule has 1 N–H and O–H groups in total. The summed E-state index contributed by atoms with van der Waals surface area (Å²) in [5, 5.41) is 0. The van der Waals surface area contributed by atoms with Gasteiger partial charge in [-0.1, -0.05) is 6.92 Å². The van der Waals surface area contributed by atoms with Crippen LogP contribution in [-0.2, 0) is 0 Å². The maximum Gasteiger partial charge on any atom is 0.168 e. The molecule has 0 aliphatic carbocycles. The van der Waals surface area contributed by atoms with Crippen molar-refractivity contribution in [2.45, 2.75) is 11.8 Å². The van der Waals surface area contributed by atoms with Crippen molar-refractivity contribution < 1.29 is 4.98 Å². The van der Waals surface area contributed by atoms with E-state index in [9.17, 15) is 0 Å². The molecule has 0 amide bonds. The summed E-state index contributed by atoms with van der Waals surface area (Å²) in [5.41, 5.74) is 0. The quantitative estimate of drug-likeness (QED) is 0.569. The Bertz CT molecular complexity index is 162. The Labute approximate surface area is 59.5 Å². The molecular weight excluding hydrogens is 130 g/mol. The molecule has 0 saturated heterocycles. The van der Waals surface area contributed by atoms with E-state index in [1.54, 1.807) is 0 Å². The molecule has 0 unspecified atom stereocenters. The second kappa shape index (κ2) is 3.51. The van der Waals surface area contributed by atoms with E-state index >= 15 is 0 Å². The summed E-state index contributed by atoms with van der Waals surface area (Å²) in [6, 6.07) is 4.16. The number of aromatic amines is 1. The van der Waals surface area contributed by atoms with Gasteiger partial charge in [0.05, 0.1) is 0 Å². The van der Waals surface area contributed by atoms with Crippen LogP contribution in [0.4, 0.5) is 0 Å². The zero-order valence-electron chi connectivity index (χ0n) is 5.42. The van der Waals surface area contributed by atoms with Crippen LogP contribution >= 0.6 is 11.8 Å². The minimum Gasteiger partial charge on any atom is -0.218 e. The van der Waals surface area contributed by atoms with E-state index in [1.165, 1.54) is 4.90 Å². The number of hydrogen-bond acceptors (Lipinski definition) is 1. The van der Waals surface area contributed by atoms with Crippen molar-refractivity contribution in [2.24, 2.45) is 0 Å². The molecule has 9 heavy (non-hydrogen) atoms. The van der Waals surface area contributed by atoms with E-state index in [2.05, 4.69) is 24.0 Å². The van der Waals surface area contributed by atoms with Gasteiger partial charge in [-0.3, -0.25) is 0 Å². The highest BCUT2D eigenvalue weighted by molar-refractivity contribution is 7.99. The van der Waals surface area contributed by atoms with Gasteiger partial charge in [0, 0.05) is 17.0 Å². The van der Waals surface area contributed by atoms with Gasteiger partial charge < -0.3 is 0 Å². The van der Waals surface area contributed by atoms with Crippen LogP contribution < -0.4 is 4.98 Å². The summed E-state index contributed by atoms with van der Waals surface area (Å²) in [5.74, 6) is 1.14. The smallest absolute Gasteiger partial charge is 0.168 e. The molecule has 48 valence electrons. The van der Waals surface area contributed by atoms with Crippen molar-refractivity contribution in [1.82, 2.24) is 0 Å². The van der Waals surface area contributed by atoms with Crippen molar-refractivity contribution in [3.8, 4) is 0 Å². The standard InChI is InChI=1S/C7H9NS/c1-2-9-7-3-5-8-6-4-7/h3-6H,2H2,1H3/p+1. The van der Waals surface area contributed by atoms with Crippen molar-refractivity contribution in [2.75, 3.05) is 5.75 Å². The zero-order valence-corrected chi connectivity index (χ0v) is 6.24. The van der Waals surface area contributed by atoms with Crippen molar-refractivity contribution in [1.29, 1.82) is 0 Å². The van der Waals surface area contributed by atoms with E-state index in [0.29, 0.717) is 0 Å². The number of hydrogen-bond donors (Lipinski definition) is 0. The van der Waals surface area contributed by atoms with E-state index in [1.807, 2.05) is 24.2 Å². The van der Waals surface area contributed by atoms with Crippen LogP contribution in [0.5, 0.6) is 0 Å². The van der Waals surface area contributed by atoms with Gasteiger partial charge in [-0.2, -0.15) is 0 Å². The first-order valence-electron chi connectivity index (χ1n) is 3.02. The molecule has 1 nitrogen and oxygen atoms in total. The molecule has 1 heterocycles. The largest absolute Gasteiger partial charge is 0.218 e. The fraction of sp³-hybridized carbons (Fsp3) is 0.286. The number of thioether (sulfide) groups is 1. The van der Waals surface area contributed by atoms with Gasteiger partial charge in [0.2, 0.25) is 0 Å². The van der Waals surface area contributed by atoms with Crippen LogP contribution in [0.15, 0.2) is 29.4 Å². The maximum atomic E-state index is 2.98. The van der Waals surface area contributed by atoms with Crippen molar-refractivity contribution >= 4 is 11.8 Å². The number of H-pyrrole nitrogens is 1. The van der Waals surface area contributed by atoms with E-state index in [4.69, 9.17) is 0 Å². The van der Waals surface area contributed by atoms with Gasteiger partial charge in [0.15, 0.2) is 12.4 Å². The van der Waals surface area contributed by atoms with Gasteiger partial charge in [-0.25, -0.2) is 4.98 Å². The summed E-state index contributed by atoms with van der Waals surface area (Å²) in [6.45, 7) is 2.15. The molecule has 0 aliphatic heterocycles. The minimum atomic E-state index is 1.14. The third-order valence-electron chi connectivity index (χ3n) is 0.999. The molecule has 1 aromatic heterocycles. The topological polar surface area (TPSA) is 14.1 Å². The monoisotopic (exact) mass is 140 g/mol. The Morgan fingerprint density at radius 2 is 2.11 bits per heavy atom. The molecule has 0 radical (unpaired) electrons. The lowest BCUT2D eigenvalue weighted by atomic mass is 10.5. The highest BCUT2D eigenvalue weighted by Gasteiger charge is 1.88. The Balaban J connectivity index is 2.61. The van der Waals surface area contributed by atoms with Gasteiger partial charge in [-0.05, 0) is 5.75 Å². The number of aromatic nitrogens is 1. The zero-order chi connectivity index (χ0) is 6.53. The van der Waals surface area contributed by atoms with Gasteiger partial charge >= 0.3 is 0 Å². The summed E-state index contributed by atoms with van der Waals surface area (Å²) >= 11 is 1.86. The molecule has 0 bridgehead atoms. The number of rotatable bonds is 2. The fourth-order valence-corrected chi connectivity index (χ4v) is 1.30. The van der Waals surface area contributed by atoms with Gasteiger partial charge in [0.1, 0.15) is 0 Å². The Morgan fingerprint density at radius 3 is 2.67 bits per heavy atom. The average Bonchev–Trinajstić information content (AvgIpc) is 1.91. The second-order valence-corrected chi connectivity index (χ2v) is 3.01. The second-order valence-electron chi connectivity index (χ2n) is 1.67. The van der Waals surface area contributed by atoms with Crippen molar-refractivity contribution in [3.63, 3.8) is 0 Å². The van der Waals surface area contributed by atoms with E-state index in [0.717, 1.165) is 5.75 Å². The van der Waals surface area contributed by atoms with Crippen molar-refractivity contribution in [3.05, 3.63) is 24.5 Å². The average molecular weight is 140 g/mol. The lowest BCUT2D eigenvalue weighted by molar-refractivity contribution is -0.378. The van der Waals surface area contributed by atoms with Crippen LogP contribution in [0.1, 0.15) is 6.92 Å². The first-order valence-corrected chi connectivity index (χ1v) is 4.01. The molecule has 1 rings (SSSR count). The number of pyridine rings is 1. The van der Waals surface area contributed by atoms with Crippen LogP contribution in [-0.4, -0.2) is 5.75 Å². The maximum absolute atomic E-state index is 2.98. The minimum absolute atomic E-state index is 1.14.